The highest BCUT2D eigenvalue weighted by Crippen LogP contribution is 2.34. The highest BCUT2D eigenvalue weighted by atomic mass is 79.9. The second-order valence-corrected chi connectivity index (χ2v) is 7.55. The number of amides is 2. The largest absolute Gasteiger partial charge is 0.493 e. The number of anilines is 1. The Balaban J connectivity index is 1.64. The smallest absolute Gasteiger partial charge is 0.387 e. The summed E-state index contributed by atoms with van der Waals surface area (Å²) in [6.45, 7) is -2.46. The number of para-hydroxylation sites is 1. The Morgan fingerprint density at radius 2 is 1.97 bits per heavy atom. The summed E-state index contributed by atoms with van der Waals surface area (Å²) in [5.41, 5.74) is -0.00314. The third kappa shape index (κ3) is 5.24. The van der Waals surface area contributed by atoms with Gasteiger partial charge in [0.25, 0.3) is 5.91 Å². The Morgan fingerprint density at radius 3 is 2.57 bits per heavy atom. The van der Waals surface area contributed by atoms with Gasteiger partial charge in [0, 0.05) is 29.7 Å². The Morgan fingerprint density at radius 1 is 1.23 bits per heavy atom. The highest BCUT2D eigenvalue weighted by molar-refractivity contribution is 9.10. The van der Waals surface area contributed by atoms with Gasteiger partial charge in [-0.05, 0) is 53.0 Å². The van der Waals surface area contributed by atoms with Crippen molar-refractivity contribution in [3.8, 4) is 11.5 Å². The number of hydrogen-bond acceptors (Lipinski definition) is 5. The van der Waals surface area contributed by atoms with Crippen LogP contribution in [0.3, 0.4) is 0 Å². The number of hydrogen-bond donors (Lipinski definition) is 1. The van der Waals surface area contributed by atoms with Gasteiger partial charge in [-0.15, -0.1) is 0 Å². The number of methoxy groups -OCH3 is 1. The van der Waals surface area contributed by atoms with Crippen molar-refractivity contribution in [3.05, 3.63) is 46.6 Å². The molecule has 2 amide bonds. The van der Waals surface area contributed by atoms with Crippen LogP contribution in [0.15, 0.2) is 41.0 Å². The third-order valence-electron chi connectivity index (χ3n) is 4.77. The Hall–Kier alpha value is -2.75. The van der Waals surface area contributed by atoms with Gasteiger partial charge in [-0.25, -0.2) is 4.98 Å². The molecule has 0 saturated carbocycles. The molecule has 0 aliphatic carbocycles. The van der Waals surface area contributed by atoms with Gasteiger partial charge in [0.15, 0.2) is 11.5 Å². The molecule has 0 radical (unpaired) electrons. The van der Waals surface area contributed by atoms with Gasteiger partial charge in [-0.3, -0.25) is 9.59 Å². The van der Waals surface area contributed by atoms with Crippen LogP contribution >= 0.6 is 15.9 Å². The van der Waals surface area contributed by atoms with E-state index < -0.39 is 12.5 Å². The van der Waals surface area contributed by atoms with E-state index in [1.165, 1.54) is 30.2 Å². The van der Waals surface area contributed by atoms with Crippen LogP contribution in [0.1, 0.15) is 23.2 Å². The molecule has 1 aromatic carbocycles. The first-order valence-corrected chi connectivity index (χ1v) is 10.0. The van der Waals surface area contributed by atoms with E-state index in [-0.39, 0.29) is 28.9 Å². The first-order valence-electron chi connectivity index (χ1n) is 9.22. The number of halogens is 3. The second kappa shape index (κ2) is 9.84. The van der Waals surface area contributed by atoms with E-state index in [1.54, 1.807) is 18.3 Å². The maximum atomic E-state index is 12.9. The van der Waals surface area contributed by atoms with Crippen LogP contribution in [0.4, 0.5) is 14.6 Å². The van der Waals surface area contributed by atoms with Gasteiger partial charge >= 0.3 is 6.61 Å². The minimum Gasteiger partial charge on any atom is -0.493 e. The molecule has 0 spiro atoms. The summed E-state index contributed by atoms with van der Waals surface area (Å²) in [5.74, 6) is -0.676. The molecule has 3 rings (SSSR count). The standard InChI is InChI=1S/C20H20BrF2N3O4/c1-29-15-4-2-3-14(17(15)30-20(22)23)19(28)26-9-7-12(8-10-26)18(27)25-16-6-5-13(21)11-24-16/h2-6,11-12,20H,7-10H2,1H3,(H,24,25,27). The number of rotatable bonds is 6. The molecule has 1 aliphatic heterocycles. The van der Waals surface area contributed by atoms with Gasteiger partial charge in [-0.1, -0.05) is 6.07 Å². The molecule has 1 aromatic heterocycles. The first-order chi connectivity index (χ1) is 14.4. The lowest BCUT2D eigenvalue weighted by molar-refractivity contribution is -0.121. The first kappa shape index (κ1) is 21.9. The second-order valence-electron chi connectivity index (χ2n) is 6.63. The molecular weight excluding hydrogens is 464 g/mol. The van der Waals surface area contributed by atoms with Crippen molar-refractivity contribution in [1.82, 2.24) is 9.88 Å². The molecule has 0 unspecified atom stereocenters. The Kier molecular flexibility index (Phi) is 7.20. The van der Waals surface area contributed by atoms with Gasteiger partial charge in [0.1, 0.15) is 5.82 Å². The average molecular weight is 484 g/mol. The average Bonchev–Trinajstić information content (AvgIpc) is 2.74. The van der Waals surface area contributed by atoms with E-state index in [9.17, 15) is 18.4 Å². The Labute approximate surface area is 180 Å². The number of aromatic nitrogens is 1. The molecule has 2 aromatic rings. The molecule has 1 saturated heterocycles. The number of nitrogens with one attached hydrogen (secondary N) is 1. The highest BCUT2D eigenvalue weighted by Gasteiger charge is 2.30. The molecule has 10 heteroatoms. The number of nitrogens with zero attached hydrogens (tertiary/aromatic N) is 2. The van der Waals surface area contributed by atoms with Crippen molar-refractivity contribution >= 4 is 33.6 Å². The van der Waals surface area contributed by atoms with Crippen molar-refractivity contribution < 1.29 is 27.8 Å². The SMILES string of the molecule is COc1cccc(C(=O)N2CCC(C(=O)Nc3ccc(Br)cn3)CC2)c1OC(F)F. The van der Waals surface area contributed by atoms with Crippen LogP contribution in [-0.4, -0.2) is 48.5 Å². The van der Waals surface area contributed by atoms with Crippen molar-refractivity contribution in [2.24, 2.45) is 5.92 Å². The lowest BCUT2D eigenvalue weighted by Crippen LogP contribution is -2.41. The van der Waals surface area contributed by atoms with E-state index >= 15 is 0 Å². The molecule has 2 heterocycles. The number of pyridine rings is 1. The fraction of sp³-hybridized carbons (Fsp3) is 0.350. The lowest BCUT2D eigenvalue weighted by atomic mass is 9.95. The van der Waals surface area contributed by atoms with Crippen molar-refractivity contribution in [2.75, 3.05) is 25.5 Å². The summed E-state index contributed by atoms with van der Waals surface area (Å²) in [6.07, 6.45) is 2.48. The summed E-state index contributed by atoms with van der Waals surface area (Å²) >= 11 is 3.28. The number of benzene rings is 1. The summed E-state index contributed by atoms with van der Waals surface area (Å²) < 4.78 is 36.0. The van der Waals surface area contributed by atoms with Crippen LogP contribution < -0.4 is 14.8 Å². The van der Waals surface area contributed by atoms with Crippen LogP contribution in [0, 0.1) is 5.92 Å². The number of carbonyl (C=O) groups is 2. The number of carbonyl (C=O) groups excluding carboxylic acids is 2. The third-order valence-corrected chi connectivity index (χ3v) is 5.24. The number of piperidine rings is 1. The fourth-order valence-corrected chi connectivity index (χ4v) is 3.48. The minimum absolute atomic E-state index is 0.00314. The summed E-state index contributed by atoms with van der Waals surface area (Å²) in [6, 6.07) is 7.86. The van der Waals surface area contributed by atoms with Crippen molar-refractivity contribution in [1.29, 1.82) is 0 Å². The monoisotopic (exact) mass is 483 g/mol. The maximum Gasteiger partial charge on any atom is 0.387 e. The number of ether oxygens (including phenoxy) is 2. The Bertz CT molecular complexity index is 903. The van der Waals surface area contributed by atoms with E-state index in [0.29, 0.717) is 31.7 Å². The van der Waals surface area contributed by atoms with Gasteiger partial charge in [-0.2, -0.15) is 8.78 Å². The van der Waals surface area contributed by atoms with Crippen LogP contribution in [-0.2, 0) is 4.79 Å². The summed E-state index contributed by atoms with van der Waals surface area (Å²) in [4.78, 5) is 31.0. The molecule has 1 N–H and O–H groups in total. The van der Waals surface area contributed by atoms with E-state index in [4.69, 9.17) is 4.74 Å². The lowest BCUT2D eigenvalue weighted by Gasteiger charge is -2.31. The van der Waals surface area contributed by atoms with Crippen molar-refractivity contribution in [2.45, 2.75) is 19.5 Å². The topological polar surface area (TPSA) is 80.8 Å². The maximum absolute atomic E-state index is 12.9. The van der Waals surface area contributed by atoms with Gasteiger partial charge in [0.05, 0.1) is 12.7 Å². The predicted molar refractivity (Wildman–Crippen MR) is 109 cm³/mol. The fourth-order valence-electron chi connectivity index (χ4n) is 3.25. The van der Waals surface area contributed by atoms with Gasteiger partial charge < -0.3 is 19.7 Å². The summed E-state index contributed by atoms with van der Waals surface area (Å²) in [7, 11) is 1.31. The molecule has 30 heavy (non-hydrogen) atoms. The molecule has 1 fully saturated rings. The van der Waals surface area contributed by atoms with Crippen molar-refractivity contribution in [3.63, 3.8) is 0 Å². The van der Waals surface area contributed by atoms with Crippen LogP contribution in [0.2, 0.25) is 0 Å². The quantitative estimate of drug-likeness (QED) is 0.672. The molecule has 1 aliphatic rings. The minimum atomic E-state index is -3.09. The summed E-state index contributed by atoms with van der Waals surface area (Å²) in [5, 5.41) is 2.77. The zero-order valence-electron chi connectivity index (χ0n) is 16.1. The number of alkyl halides is 2. The normalized spacial score (nSPS) is 14.5. The van der Waals surface area contributed by atoms with E-state index in [1.807, 2.05) is 0 Å². The molecule has 0 bridgehead atoms. The zero-order chi connectivity index (χ0) is 21.7. The zero-order valence-corrected chi connectivity index (χ0v) is 17.7. The van der Waals surface area contributed by atoms with E-state index in [2.05, 4.69) is 31.0 Å². The molecule has 0 atom stereocenters. The number of likely N-dealkylation sites (tertiary alicyclic amines) is 1. The predicted octanol–water partition coefficient (Wildman–Crippen LogP) is 3.95. The molecule has 7 nitrogen and oxygen atoms in total. The van der Waals surface area contributed by atoms with Gasteiger partial charge in [0.2, 0.25) is 5.91 Å². The molecular formula is C20H20BrF2N3O4. The van der Waals surface area contributed by atoms with E-state index in [0.717, 1.165) is 4.47 Å². The molecule has 160 valence electrons. The van der Waals surface area contributed by atoms with Crippen LogP contribution in [0.5, 0.6) is 11.5 Å². The van der Waals surface area contributed by atoms with Crippen LogP contribution in [0.25, 0.3) is 0 Å².